The van der Waals surface area contributed by atoms with Crippen molar-refractivity contribution in [1.82, 2.24) is 4.90 Å². The zero-order valence-corrected chi connectivity index (χ0v) is 11.3. The molecule has 1 aromatic carbocycles. The van der Waals surface area contributed by atoms with Gasteiger partial charge in [0.2, 0.25) is 0 Å². The maximum atomic E-state index is 10.6. The zero-order chi connectivity index (χ0) is 13.1. The summed E-state index contributed by atoms with van der Waals surface area (Å²) < 4.78 is 5.99. The molecule has 0 radical (unpaired) electrons. The molecule has 0 bridgehead atoms. The summed E-state index contributed by atoms with van der Waals surface area (Å²) in [7, 11) is 0. The molecule has 0 spiro atoms. The van der Waals surface area contributed by atoms with Gasteiger partial charge in [0.05, 0.1) is 0 Å². The number of piperidine rings is 1. The molecule has 0 N–H and O–H groups in total. The van der Waals surface area contributed by atoms with E-state index in [9.17, 15) is 4.79 Å². The maximum Gasteiger partial charge on any atom is 0.150 e. The SMILES string of the molecule is O=Cc1ccc(OC2CCN(C3CCC3)CC2)cc1. The van der Waals surface area contributed by atoms with Gasteiger partial charge in [0.1, 0.15) is 18.1 Å². The lowest BCUT2D eigenvalue weighted by molar-refractivity contribution is 0.0493. The molecule has 0 atom stereocenters. The first-order valence-corrected chi connectivity index (χ1v) is 7.31. The van der Waals surface area contributed by atoms with E-state index in [0.717, 1.165) is 30.9 Å². The number of likely N-dealkylation sites (tertiary alicyclic amines) is 1. The number of hydrogen-bond donors (Lipinski definition) is 0. The first-order chi connectivity index (χ1) is 9.35. The standard InChI is InChI=1S/C16H21NO2/c18-12-13-4-6-15(7-5-13)19-16-8-10-17(11-9-16)14-2-1-3-14/h4-7,12,14,16H,1-3,8-11H2. The Balaban J connectivity index is 1.49. The van der Waals surface area contributed by atoms with Crippen LogP contribution in [-0.2, 0) is 0 Å². The van der Waals surface area contributed by atoms with E-state index in [2.05, 4.69) is 4.90 Å². The van der Waals surface area contributed by atoms with Crippen LogP contribution in [-0.4, -0.2) is 36.4 Å². The lowest BCUT2D eigenvalue weighted by atomic mass is 9.90. The third-order valence-electron chi connectivity index (χ3n) is 4.39. The summed E-state index contributed by atoms with van der Waals surface area (Å²) in [6, 6.07) is 8.26. The van der Waals surface area contributed by atoms with Crippen LogP contribution < -0.4 is 4.74 Å². The molecule has 0 aromatic heterocycles. The van der Waals surface area contributed by atoms with E-state index in [1.807, 2.05) is 24.3 Å². The molecule has 102 valence electrons. The number of benzene rings is 1. The normalized spacial score (nSPS) is 21.9. The van der Waals surface area contributed by atoms with Gasteiger partial charge in [0.25, 0.3) is 0 Å². The summed E-state index contributed by atoms with van der Waals surface area (Å²) in [4.78, 5) is 13.2. The molecule has 1 aliphatic heterocycles. The lowest BCUT2D eigenvalue weighted by Crippen LogP contribution is -2.46. The molecular weight excluding hydrogens is 238 g/mol. The lowest BCUT2D eigenvalue weighted by Gasteiger charge is -2.41. The number of hydrogen-bond acceptors (Lipinski definition) is 3. The number of aldehydes is 1. The molecule has 0 unspecified atom stereocenters. The molecule has 3 nitrogen and oxygen atoms in total. The molecule has 1 heterocycles. The minimum atomic E-state index is 0.332. The van der Waals surface area contributed by atoms with Crippen molar-refractivity contribution < 1.29 is 9.53 Å². The summed E-state index contributed by atoms with van der Waals surface area (Å²) in [5, 5.41) is 0. The van der Waals surface area contributed by atoms with Crippen LogP contribution in [0.1, 0.15) is 42.5 Å². The van der Waals surface area contributed by atoms with Crippen molar-refractivity contribution in [1.29, 1.82) is 0 Å². The van der Waals surface area contributed by atoms with Gasteiger partial charge in [-0.1, -0.05) is 6.42 Å². The van der Waals surface area contributed by atoms with Crippen molar-refractivity contribution in [3.05, 3.63) is 29.8 Å². The smallest absolute Gasteiger partial charge is 0.150 e. The van der Waals surface area contributed by atoms with Crippen LogP contribution in [0.15, 0.2) is 24.3 Å². The van der Waals surface area contributed by atoms with Crippen molar-refractivity contribution in [2.45, 2.75) is 44.2 Å². The molecule has 3 heteroatoms. The van der Waals surface area contributed by atoms with Crippen LogP contribution in [0, 0.1) is 0 Å². The van der Waals surface area contributed by atoms with Crippen LogP contribution in [0.25, 0.3) is 0 Å². The van der Waals surface area contributed by atoms with Crippen LogP contribution >= 0.6 is 0 Å². The second kappa shape index (κ2) is 5.74. The highest BCUT2D eigenvalue weighted by Gasteiger charge is 2.29. The molecule has 1 saturated carbocycles. The minimum Gasteiger partial charge on any atom is -0.490 e. The fraction of sp³-hybridized carbons (Fsp3) is 0.562. The van der Waals surface area contributed by atoms with Crippen LogP contribution in [0.2, 0.25) is 0 Å². The summed E-state index contributed by atoms with van der Waals surface area (Å²) in [6.07, 6.45) is 7.61. The van der Waals surface area contributed by atoms with Gasteiger partial charge in [-0.3, -0.25) is 4.79 Å². The molecule has 3 rings (SSSR count). The van der Waals surface area contributed by atoms with E-state index in [-0.39, 0.29) is 0 Å². The monoisotopic (exact) mass is 259 g/mol. The number of nitrogens with zero attached hydrogens (tertiary/aromatic N) is 1. The summed E-state index contributed by atoms with van der Waals surface area (Å²) in [5.74, 6) is 0.882. The Kier molecular flexibility index (Phi) is 3.83. The summed E-state index contributed by atoms with van der Waals surface area (Å²) in [5.41, 5.74) is 0.701. The van der Waals surface area contributed by atoms with Crippen LogP contribution in [0.3, 0.4) is 0 Å². The van der Waals surface area contributed by atoms with Crippen LogP contribution in [0.4, 0.5) is 0 Å². The van der Waals surface area contributed by atoms with E-state index in [0.29, 0.717) is 11.7 Å². The molecule has 2 aliphatic rings. The summed E-state index contributed by atoms with van der Waals surface area (Å²) >= 11 is 0. The van der Waals surface area contributed by atoms with Gasteiger partial charge in [-0.25, -0.2) is 0 Å². The molecule has 1 aliphatic carbocycles. The van der Waals surface area contributed by atoms with Gasteiger partial charge < -0.3 is 9.64 Å². The number of rotatable bonds is 4. The molecule has 2 fully saturated rings. The van der Waals surface area contributed by atoms with E-state index in [1.165, 1.54) is 32.4 Å². The van der Waals surface area contributed by atoms with Crippen LogP contribution in [0.5, 0.6) is 5.75 Å². The Morgan fingerprint density at radius 3 is 2.26 bits per heavy atom. The Bertz CT molecular complexity index is 417. The van der Waals surface area contributed by atoms with Gasteiger partial charge >= 0.3 is 0 Å². The topological polar surface area (TPSA) is 29.5 Å². The highest BCUT2D eigenvalue weighted by Crippen LogP contribution is 2.28. The van der Waals surface area contributed by atoms with Gasteiger partial charge in [0.15, 0.2) is 0 Å². The maximum absolute atomic E-state index is 10.6. The molecule has 0 amide bonds. The molecular formula is C16H21NO2. The number of ether oxygens (including phenoxy) is 1. The van der Waals surface area contributed by atoms with Crippen molar-refractivity contribution in [2.24, 2.45) is 0 Å². The molecule has 19 heavy (non-hydrogen) atoms. The Hall–Kier alpha value is -1.35. The second-order valence-electron chi connectivity index (χ2n) is 5.62. The Labute approximate surface area is 114 Å². The number of carbonyl (C=O) groups is 1. The largest absolute Gasteiger partial charge is 0.490 e. The summed E-state index contributed by atoms with van der Waals surface area (Å²) in [6.45, 7) is 2.34. The highest BCUT2D eigenvalue weighted by atomic mass is 16.5. The average Bonchev–Trinajstić information content (AvgIpc) is 2.40. The Morgan fingerprint density at radius 2 is 1.74 bits per heavy atom. The van der Waals surface area contributed by atoms with Crippen molar-refractivity contribution in [3.63, 3.8) is 0 Å². The number of carbonyl (C=O) groups excluding carboxylic acids is 1. The fourth-order valence-corrected chi connectivity index (χ4v) is 2.93. The van der Waals surface area contributed by atoms with Gasteiger partial charge in [0, 0.05) is 24.7 Å². The van der Waals surface area contributed by atoms with Gasteiger partial charge in [-0.15, -0.1) is 0 Å². The quantitative estimate of drug-likeness (QED) is 0.779. The van der Waals surface area contributed by atoms with E-state index in [4.69, 9.17) is 4.74 Å². The minimum absolute atomic E-state index is 0.332. The van der Waals surface area contributed by atoms with Gasteiger partial charge in [-0.2, -0.15) is 0 Å². The first-order valence-electron chi connectivity index (χ1n) is 7.31. The molecule has 1 aromatic rings. The van der Waals surface area contributed by atoms with E-state index in [1.54, 1.807) is 0 Å². The second-order valence-corrected chi connectivity index (χ2v) is 5.62. The fourth-order valence-electron chi connectivity index (χ4n) is 2.93. The predicted molar refractivity (Wildman–Crippen MR) is 74.7 cm³/mol. The van der Waals surface area contributed by atoms with Crippen molar-refractivity contribution in [2.75, 3.05) is 13.1 Å². The van der Waals surface area contributed by atoms with Gasteiger partial charge in [-0.05, 0) is 49.9 Å². The third kappa shape index (κ3) is 2.98. The van der Waals surface area contributed by atoms with E-state index < -0.39 is 0 Å². The van der Waals surface area contributed by atoms with E-state index >= 15 is 0 Å². The highest BCUT2D eigenvalue weighted by molar-refractivity contribution is 5.74. The third-order valence-corrected chi connectivity index (χ3v) is 4.39. The Morgan fingerprint density at radius 1 is 1.05 bits per heavy atom. The van der Waals surface area contributed by atoms with Crippen molar-refractivity contribution >= 4 is 6.29 Å². The predicted octanol–water partition coefficient (Wildman–Crippen LogP) is 2.89. The first kappa shape index (κ1) is 12.7. The van der Waals surface area contributed by atoms with Crippen molar-refractivity contribution in [3.8, 4) is 5.75 Å². The molecule has 1 saturated heterocycles. The zero-order valence-electron chi connectivity index (χ0n) is 11.3. The average molecular weight is 259 g/mol.